The van der Waals surface area contributed by atoms with Gasteiger partial charge in [-0.25, -0.2) is 0 Å². The number of alkyl halides is 1. The zero-order valence-corrected chi connectivity index (χ0v) is 13.4. The lowest BCUT2D eigenvalue weighted by molar-refractivity contribution is 0.268. The van der Waals surface area contributed by atoms with Crippen LogP contribution in [0, 0.1) is 0 Å². The zero-order valence-electron chi connectivity index (χ0n) is 11.0. The fourth-order valence-electron chi connectivity index (χ4n) is 1.78. The van der Waals surface area contributed by atoms with Crippen LogP contribution in [0.1, 0.15) is 26.7 Å². The van der Waals surface area contributed by atoms with E-state index in [9.17, 15) is 0 Å². The van der Waals surface area contributed by atoms with Crippen LogP contribution in [0.4, 0.5) is 0 Å². The van der Waals surface area contributed by atoms with Crippen molar-refractivity contribution in [2.45, 2.75) is 32.2 Å². The number of rotatable bonds is 8. The first kappa shape index (κ1) is 15.8. The van der Waals surface area contributed by atoms with E-state index in [1.165, 1.54) is 0 Å². The Hall–Kier alpha value is -0.250. The van der Waals surface area contributed by atoms with Gasteiger partial charge in [-0.15, -0.1) is 11.6 Å². The molecule has 1 rings (SSSR count). The Kier molecular flexibility index (Phi) is 7.05. The molecule has 0 aliphatic carbocycles. The summed E-state index contributed by atoms with van der Waals surface area (Å²) in [4.78, 5) is 0. The van der Waals surface area contributed by atoms with E-state index in [-0.39, 0.29) is 5.54 Å². The summed E-state index contributed by atoms with van der Waals surface area (Å²) < 4.78 is 6.71. The Balaban J connectivity index is 2.34. The van der Waals surface area contributed by atoms with Gasteiger partial charge in [-0.05, 0) is 31.0 Å². The van der Waals surface area contributed by atoms with Crippen molar-refractivity contribution in [3.05, 3.63) is 28.7 Å². The maximum Gasteiger partial charge on any atom is 0.120 e. The molecule has 0 saturated carbocycles. The molecule has 0 aliphatic heterocycles. The topological polar surface area (TPSA) is 21.3 Å². The summed E-state index contributed by atoms with van der Waals surface area (Å²) >= 11 is 9.46. The summed E-state index contributed by atoms with van der Waals surface area (Å²) in [6.07, 6.45) is 2.06. The largest absolute Gasteiger partial charge is 0.492 e. The van der Waals surface area contributed by atoms with Gasteiger partial charge in [0.05, 0.1) is 0 Å². The SMILES string of the molecule is CCC(CC)(CCl)NCCOc1cccc(Br)c1. The van der Waals surface area contributed by atoms with E-state index in [1.807, 2.05) is 24.3 Å². The third-order valence-electron chi connectivity index (χ3n) is 3.28. The molecule has 0 heterocycles. The van der Waals surface area contributed by atoms with Crippen LogP contribution in [0.2, 0.25) is 0 Å². The summed E-state index contributed by atoms with van der Waals surface area (Å²) in [7, 11) is 0. The second-order valence-corrected chi connectivity index (χ2v) is 5.54. The van der Waals surface area contributed by atoms with E-state index in [4.69, 9.17) is 16.3 Å². The Labute approximate surface area is 123 Å². The lowest BCUT2D eigenvalue weighted by Crippen LogP contribution is -2.47. The van der Waals surface area contributed by atoms with E-state index >= 15 is 0 Å². The van der Waals surface area contributed by atoms with E-state index in [0.717, 1.165) is 29.6 Å². The van der Waals surface area contributed by atoms with E-state index in [0.29, 0.717) is 12.5 Å². The molecule has 2 nitrogen and oxygen atoms in total. The highest BCUT2D eigenvalue weighted by Crippen LogP contribution is 2.18. The second kappa shape index (κ2) is 8.03. The lowest BCUT2D eigenvalue weighted by atomic mass is 9.95. The van der Waals surface area contributed by atoms with Crippen molar-refractivity contribution in [2.24, 2.45) is 0 Å². The molecule has 0 radical (unpaired) electrons. The molecule has 1 N–H and O–H groups in total. The molecule has 0 atom stereocenters. The number of hydrogen-bond acceptors (Lipinski definition) is 2. The highest BCUT2D eigenvalue weighted by molar-refractivity contribution is 9.10. The van der Waals surface area contributed by atoms with Crippen LogP contribution < -0.4 is 10.1 Å². The summed E-state index contributed by atoms with van der Waals surface area (Å²) in [5.41, 5.74) is 0.0438. The quantitative estimate of drug-likeness (QED) is 0.568. The molecule has 18 heavy (non-hydrogen) atoms. The van der Waals surface area contributed by atoms with Gasteiger partial charge in [0.1, 0.15) is 12.4 Å². The van der Waals surface area contributed by atoms with Gasteiger partial charge in [0, 0.05) is 22.4 Å². The monoisotopic (exact) mass is 333 g/mol. The molecule has 0 fully saturated rings. The second-order valence-electron chi connectivity index (χ2n) is 4.35. The highest BCUT2D eigenvalue weighted by Gasteiger charge is 2.23. The molecule has 102 valence electrons. The Morgan fingerprint density at radius 1 is 1.33 bits per heavy atom. The number of ether oxygens (including phenoxy) is 1. The van der Waals surface area contributed by atoms with E-state index in [1.54, 1.807) is 0 Å². The molecule has 4 heteroatoms. The average molecular weight is 335 g/mol. The van der Waals surface area contributed by atoms with Crippen molar-refractivity contribution in [3.8, 4) is 5.75 Å². The molecule has 0 amide bonds. The minimum Gasteiger partial charge on any atom is -0.492 e. The van der Waals surface area contributed by atoms with Crippen LogP contribution in [0.25, 0.3) is 0 Å². The van der Waals surface area contributed by atoms with Gasteiger partial charge in [-0.3, -0.25) is 0 Å². The molecule has 0 aliphatic rings. The van der Waals surface area contributed by atoms with Crippen LogP contribution in [-0.2, 0) is 0 Å². The third-order valence-corrected chi connectivity index (χ3v) is 4.28. The maximum absolute atomic E-state index is 6.03. The fraction of sp³-hybridized carbons (Fsp3) is 0.571. The van der Waals surface area contributed by atoms with Gasteiger partial charge in [0.25, 0.3) is 0 Å². The number of hydrogen-bond donors (Lipinski definition) is 1. The summed E-state index contributed by atoms with van der Waals surface area (Å²) in [6, 6.07) is 7.87. The van der Waals surface area contributed by atoms with Crippen molar-refractivity contribution >= 4 is 27.5 Å². The Morgan fingerprint density at radius 2 is 2.06 bits per heavy atom. The molecule has 0 saturated heterocycles. The first-order valence-electron chi connectivity index (χ1n) is 6.35. The van der Waals surface area contributed by atoms with E-state index < -0.39 is 0 Å². The first-order valence-corrected chi connectivity index (χ1v) is 7.68. The van der Waals surface area contributed by atoms with Crippen molar-refractivity contribution < 1.29 is 4.74 Å². The Morgan fingerprint density at radius 3 is 2.61 bits per heavy atom. The van der Waals surface area contributed by atoms with Gasteiger partial charge >= 0.3 is 0 Å². The van der Waals surface area contributed by atoms with Gasteiger partial charge < -0.3 is 10.1 Å². The summed E-state index contributed by atoms with van der Waals surface area (Å²) in [5.74, 6) is 1.52. The van der Waals surface area contributed by atoms with Crippen LogP contribution in [-0.4, -0.2) is 24.6 Å². The van der Waals surface area contributed by atoms with Gasteiger partial charge in [-0.2, -0.15) is 0 Å². The molecule has 0 bridgehead atoms. The normalized spacial score (nSPS) is 11.6. The van der Waals surface area contributed by atoms with Crippen LogP contribution >= 0.6 is 27.5 Å². The molecule has 1 aromatic rings. The fourth-order valence-corrected chi connectivity index (χ4v) is 2.63. The van der Waals surface area contributed by atoms with Crippen molar-refractivity contribution in [3.63, 3.8) is 0 Å². The van der Waals surface area contributed by atoms with Crippen molar-refractivity contribution in [2.75, 3.05) is 19.0 Å². The molecule has 0 aromatic heterocycles. The van der Waals surface area contributed by atoms with E-state index in [2.05, 4.69) is 35.1 Å². The Bertz CT molecular complexity index is 347. The van der Waals surface area contributed by atoms with Gasteiger partial charge in [0.2, 0.25) is 0 Å². The molecule has 0 unspecified atom stereocenters. The molecular weight excluding hydrogens is 314 g/mol. The maximum atomic E-state index is 6.03. The predicted octanol–water partition coefficient (Wildman–Crippen LogP) is 4.22. The molecule has 0 spiro atoms. The molecule has 1 aromatic carbocycles. The zero-order chi connectivity index (χ0) is 13.4. The predicted molar refractivity (Wildman–Crippen MR) is 81.7 cm³/mol. The third kappa shape index (κ3) is 4.79. The molecular formula is C14H21BrClNO. The summed E-state index contributed by atoms with van der Waals surface area (Å²) in [6.45, 7) is 5.78. The standard InChI is InChI=1S/C14H21BrClNO/c1-3-14(4-2,11-16)17-8-9-18-13-7-5-6-12(15)10-13/h5-7,10,17H,3-4,8-9,11H2,1-2H3. The van der Waals surface area contributed by atoms with Crippen LogP contribution in [0.15, 0.2) is 28.7 Å². The van der Waals surface area contributed by atoms with Crippen molar-refractivity contribution in [1.82, 2.24) is 5.32 Å². The summed E-state index contributed by atoms with van der Waals surface area (Å²) in [5, 5.41) is 3.50. The van der Waals surface area contributed by atoms with Crippen LogP contribution in [0.5, 0.6) is 5.75 Å². The van der Waals surface area contributed by atoms with Gasteiger partial charge in [-0.1, -0.05) is 35.8 Å². The lowest BCUT2D eigenvalue weighted by Gasteiger charge is -2.30. The minimum atomic E-state index is 0.0438. The first-order chi connectivity index (χ1) is 8.65. The number of halogens is 2. The van der Waals surface area contributed by atoms with Crippen LogP contribution in [0.3, 0.4) is 0 Å². The smallest absolute Gasteiger partial charge is 0.120 e. The number of benzene rings is 1. The van der Waals surface area contributed by atoms with Gasteiger partial charge in [0.15, 0.2) is 0 Å². The highest BCUT2D eigenvalue weighted by atomic mass is 79.9. The minimum absolute atomic E-state index is 0.0438. The van der Waals surface area contributed by atoms with Crippen molar-refractivity contribution in [1.29, 1.82) is 0 Å². The number of nitrogens with one attached hydrogen (secondary N) is 1. The average Bonchev–Trinajstić information content (AvgIpc) is 2.40.